The van der Waals surface area contributed by atoms with Gasteiger partial charge in [-0.1, -0.05) is 65.2 Å². The third-order valence-corrected chi connectivity index (χ3v) is 4.79. The van der Waals surface area contributed by atoms with Crippen molar-refractivity contribution < 1.29 is 4.74 Å². The first kappa shape index (κ1) is 17.0. The molecule has 1 aliphatic carbocycles. The Kier molecular flexibility index (Phi) is 8.72. The maximum absolute atomic E-state index is 5.95. The predicted octanol–water partition coefficient (Wildman–Crippen LogP) is 4.67. The fourth-order valence-corrected chi connectivity index (χ4v) is 3.59. The first-order valence-electron chi connectivity index (χ1n) is 8.57. The van der Waals surface area contributed by atoms with Crippen molar-refractivity contribution in [1.82, 2.24) is 5.32 Å². The summed E-state index contributed by atoms with van der Waals surface area (Å²) in [6.45, 7) is 5.56. The zero-order valence-corrected chi connectivity index (χ0v) is 13.5. The van der Waals surface area contributed by atoms with Gasteiger partial charge in [-0.25, -0.2) is 0 Å². The number of nitrogens with one attached hydrogen (secondary N) is 1. The molecule has 1 saturated carbocycles. The van der Waals surface area contributed by atoms with Gasteiger partial charge in [0.2, 0.25) is 0 Å². The molecule has 0 amide bonds. The average molecular weight is 269 g/mol. The SMILES string of the molecule is CCCCCCCCC(NCC)C1(OC)CCCC1. The van der Waals surface area contributed by atoms with Gasteiger partial charge in [-0.2, -0.15) is 0 Å². The maximum atomic E-state index is 5.95. The molecule has 1 fully saturated rings. The highest BCUT2D eigenvalue weighted by atomic mass is 16.5. The van der Waals surface area contributed by atoms with Crippen molar-refractivity contribution in [3.63, 3.8) is 0 Å². The predicted molar refractivity (Wildman–Crippen MR) is 83.7 cm³/mol. The summed E-state index contributed by atoms with van der Waals surface area (Å²) >= 11 is 0. The number of likely N-dealkylation sites (N-methyl/N-ethyl adjacent to an activating group) is 1. The second-order valence-electron chi connectivity index (χ2n) is 6.14. The second kappa shape index (κ2) is 9.77. The molecule has 0 aliphatic heterocycles. The molecule has 0 aromatic heterocycles. The molecule has 0 spiro atoms. The van der Waals surface area contributed by atoms with Gasteiger partial charge in [0.1, 0.15) is 0 Å². The van der Waals surface area contributed by atoms with E-state index in [2.05, 4.69) is 19.2 Å². The van der Waals surface area contributed by atoms with Crippen molar-refractivity contribution in [1.29, 1.82) is 0 Å². The molecule has 0 radical (unpaired) electrons. The number of unbranched alkanes of at least 4 members (excludes halogenated alkanes) is 5. The molecule has 2 nitrogen and oxygen atoms in total. The van der Waals surface area contributed by atoms with Gasteiger partial charge >= 0.3 is 0 Å². The Labute approximate surface area is 120 Å². The fourth-order valence-electron chi connectivity index (χ4n) is 3.59. The van der Waals surface area contributed by atoms with Crippen LogP contribution >= 0.6 is 0 Å². The number of ether oxygens (including phenoxy) is 1. The van der Waals surface area contributed by atoms with Crippen molar-refractivity contribution >= 4 is 0 Å². The molecular weight excluding hydrogens is 234 g/mol. The summed E-state index contributed by atoms with van der Waals surface area (Å²) in [5.74, 6) is 0. The van der Waals surface area contributed by atoms with Crippen LogP contribution in [0.4, 0.5) is 0 Å². The lowest BCUT2D eigenvalue weighted by atomic mass is 9.88. The van der Waals surface area contributed by atoms with E-state index in [-0.39, 0.29) is 5.60 Å². The van der Waals surface area contributed by atoms with Gasteiger partial charge in [-0.3, -0.25) is 0 Å². The zero-order valence-electron chi connectivity index (χ0n) is 13.5. The Morgan fingerprint density at radius 2 is 1.63 bits per heavy atom. The molecule has 0 saturated heterocycles. The minimum absolute atomic E-state index is 0.138. The summed E-state index contributed by atoms with van der Waals surface area (Å²) in [5, 5.41) is 3.69. The minimum atomic E-state index is 0.138. The summed E-state index contributed by atoms with van der Waals surface area (Å²) in [4.78, 5) is 0. The largest absolute Gasteiger partial charge is 0.377 e. The van der Waals surface area contributed by atoms with Crippen LogP contribution in [0.1, 0.15) is 84.5 Å². The lowest BCUT2D eigenvalue weighted by Gasteiger charge is -2.37. The molecule has 0 aromatic carbocycles. The first-order chi connectivity index (χ1) is 9.29. The van der Waals surface area contributed by atoms with Crippen LogP contribution in [0.2, 0.25) is 0 Å². The quantitative estimate of drug-likeness (QED) is 0.550. The molecule has 2 heteroatoms. The molecular formula is C17H35NO. The Hall–Kier alpha value is -0.0800. The highest BCUT2D eigenvalue weighted by Crippen LogP contribution is 2.37. The summed E-state index contributed by atoms with van der Waals surface area (Å²) < 4.78 is 5.95. The molecule has 1 aliphatic rings. The lowest BCUT2D eigenvalue weighted by molar-refractivity contribution is -0.0379. The zero-order chi connectivity index (χ0) is 14.0. The van der Waals surface area contributed by atoms with E-state index in [4.69, 9.17) is 4.74 Å². The first-order valence-corrected chi connectivity index (χ1v) is 8.57. The van der Waals surface area contributed by atoms with Gasteiger partial charge in [-0.15, -0.1) is 0 Å². The normalized spacial score (nSPS) is 19.7. The van der Waals surface area contributed by atoms with Crippen LogP contribution in [0, 0.1) is 0 Å². The van der Waals surface area contributed by atoms with E-state index >= 15 is 0 Å². The van der Waals surface area contributed by atoms with E-state index in [1.165, 1.54) is 70.6 Å². The van der Waals surface area contributed by atoms with Crippen molar-refractivity contribution in [2.75, 3.05) is 13.7 Å². The molecule has 1 N–H and O–H groups in total. The summed E-state index contributed by atoms with van der Waals surface area (Å²) in [7, 11) is 1.91. The van der Waals surface area contributed by atoms with Gasteiger partial charge in [0.05, 0.1) is 5.60 Å². The highest BCUT2D eigenvalue weighted by Gasteiger charge is 2.40. The standard InChI is InChI=1S/C17H35NO/c1-4-6-7-8-9-10-13-16(18-5-2)17(19-3)14-11-12-15-17/h16,18H,4-15H2,1-3H3. The van der Waals surface area contributed by atoms with Crippen LogP contribution in [0.5, 0.6) is 0 Å². The summed E-state index contributed by atoms with van der Waals surface area (Å²) in [6.07, 6.45) is 14.8. The van der Waals surface area contributed by atoms with E-state index in [1.807, 2.05) is 7.11 Å². The molecule has 0 aromatic rings. The van der Waals surface area contributed by atoms with Gasteiger partial charge in [0.25, 0.3) is 0 Å². The molecule has 114 valence electrons. The van der Waals surface area contributed by atoms with Gasteiger partial charge in [0, 0.05) is 13.2 Å². The molecule has 0 bridgehead atoms. The second-order valence-corrected chi connectivity index (χ2v) is 6.14. The van der Waals surface area contributed by atoms with Crippen molar-refractivity contribution in [3.8, 4) is 0 Å². The smallest absolute Gasteiger partial charge is 0.0830 e. The summed E-state index contributed by atoms with van der Waals surface area (Å²) in [6, 6.07) is 0.566. The van der Waals surface area contributed by atoms with Crippen molar-refractivity contribution in [3.05, 3.63) is 0 Å². The van der Waals surface area contributed by atoms with Crippen LogP contribution in [-0.2, 0) is 4.74 Å². The third kappa shape index (κ3) is 5.43. The average Bonchev–Trinajstić information content (AvgIpc) is 2.91. The number of hydrogen-bond donors (Lipinski definition) is 1. The van der Waals surface area contributed by atoms with Crippen LogP contribution in [0.15, 0.2) is 0 Å². The lowest BCUT2D eigenvalue weighted by Crippen LogP contribution is -2.50. The summed E-state index contributed by atoms with van der Waals surface area (Å²) in [5.41, 5.74) is 0.138. The van der Waals surface area contributed by atoms with E-state index in [9.17, 15) is 0 Å². The van der Waals surface area contributed by atoms with Crippen LogP contribution in [0.3, 0.4) is 0 Å². The Morgan fingerprint density at radius 1 is 1.00 bits per heavy atom. The number of hydrogen-bond acceptors (Lipinski definition) is 2. The molecule has 0 heterocycles. The van der Waals surface area contributed by atoms with Crippen LogP contribution in [0.25, 0.3) is 0 Å². The number of methoxy groups -OCH3 is 1. The Bertz CT molecular complexity index is 211. The minimum Gasteiger partial charge on any atom is -0.377 e. The number of rotatable bonds is 11. The Morgan fingerprint density at radius 3 is 2.21 bits per heavy atom. The van der Waals surface area contributed by atoms with Gasteiger partial charge in [0.15, 0.2) is 0 Å². The molecule has 1 unspecified atom stereocenters. The van der Waals surface area contributed by atoms with Crippen LogP contribution in [-0.4, -0.2) is 25.3 Å². The van der Waals surface area contributed by atoms with Crippen molar-refractivity contribution in [2.24, 2.45) is 0 Å². The van der Waals surface area contributed by atoms with E-state index in [1.54, 1.807) is 0 Å². The van der Waals surface area contributed by atoms with Crippen molar-refractivity contribution in [2.45, 2.75) is 96.1 Å². The van der Waals surface area contributed by atoms with Gasteiger partial charge in [-0.05, 0) is 25.8 Å². The molecule has 19 heavy (non-hydrogen) atoms. The fraction of sp³-hybridized carbons (Fsp3) is 1.00. The topological polar surface area (TPSA) is 21.3 Å². The van der Waals surface area contributed by atoms with Gasteiger partial charge < -0.3 is 10.1 Å². The van der Waals surface area contributed by atoms with E-state index in [0.29, 0.717) is 6.04 Å². The molecule has 1 rings (SSSR count). The maximum Gasteiger partial charge on any atom is 0.0830 e. The Balaban J connectivity index is 2.31. The van der Waals surface area contributed by atoms with E-state index in [0.717, 1.165) is 6.54 Å². The highest BCUT2D eigenvalue weighted by molar-refractivity contribution is 4.96. The van der Waals surface area contributed by atoms with E-state index < -0.39 is 0 Å². The van der Waals surface area contributed by atoms with Crippen LogP contribution < -0.4 is 5.32 Å². The monoisotopic (exact) mass is 269 g/mol. The third-order valence-electron chi connectivity index (χ3n) is 4.79. The molecule has 1 atom stereocenters.